The van der Waals surface area contributed by atoms with E-state index in [1.54, 1.807) is 11.0 Å². The van der Waals surface area contributed by atoms with Crippen LogP contribution >= 0.6 is 0 Å². The number of hydrogen-bond donors (Lipinski definition) is 1. The first kappa shape index (κ1) is 21.8. The van der Waals surface area contributed by atoms with E-state index in [1.165, 1.54) is 0 Å². The molecule has 0 aromatic heterocycles. The molecule has 0 spiro atoms. The minimum absolute atomic E-state index is 0.00855. The second-order valence-corrected chi connectivity index (χ2v) is 6.21. The molecule has 1 saturated heterocycles. The van der Waals surface area contributed by atoms with Crippen LogP contribution in [-0.2, 0) is 21.9 Å². The third-order valence-corrected chi connectivity index (χ3v) is 4.22. The first-order chi connectivity index (χ1) is 12.9. The minimum Gasteiger partial charge on any atom is -0.352 e. The molecule has 1 aliphatic rings. The molecule has 0 unspecified atom stereocenters. The number of nitrogens with one attached hydrogen (secondary N) is 1. The summed E-state index contributed by atoms with van der Waals surface area (Å²) in [5, 5.41) is 2.32. The van der Waals surface area contributed by atoms with Gasteiger partial charge in [-0.1, -0.05) is 18.7 Å². The zero-order valence-electron chi connectivity index (χ0n) is 14.6. The van der Waals surface area contributed by atoms with Crippen LogP contribution in [0.2, 0.25) is 0 Å². The molecule has 0 bridgehead atoms. The van der Waals surface area contributed by atoms with Crippen molar-refractivity contribution < 1.29 is 35.9 Å². The number of nitrogens with zero attached hydrogens (tertiary/aromatic N) is 1. The van der Waals surface area contributed by atoms with Gasteiger partial charge in [0.2, 0.25) is 5.91 Å². The lowest BCUT2D eigenvalue weighted by Crippen LogP contribution is -2.31. The summed E-state index contributed by atoms with van der Waals surface area (Å²) in [6.45, 7) is 4.25. The number of halogens is 6. The first-order valence-corrected chi connectivity index (χ1v) is 8.37. The van der Waals surface area contributed by atoms with Crippen molar-refractivity contribution in [3.8, 4) is 0 Å². The molecule has 153 valence electrons. The van der Waals surface area contributed by atoms with Crippen LogP contribution in [0.3, 0.4) is 0 Å². The van der Waals surface area contributed by atoms with Crippen molar-refractivity contribution in [1.29, 1.82) is 0 Å². The van der Waals surface area contributed by atoms with Gasteiger partial charge in [0, 0.05) is 31.6 Å². The summed E-state index contributed by atoms with van der Waals surface area (Å²) in [4.78, 5) is 25.2. The van der Waals surface area contributed by atoms with Gasteiger partial charge in [-0.2, -0.15) is 26.3 Å². The SMILES string of the molecule is C=C(C(=O)NCCCN1CCCC1=O)c1cc[c]c(C(F)(F)F)c1C(F)(F)F. The molecule has 1 aromatic rings. The van der Waals surface area contributed by atoms with Crippen molar-refractivity contribution in [2.24, 2.45) is 0 Å². The molecule has 10 heteroatoms. The molecule has 28 heavy (non-hydrogen) atoms. The Kier molecular flexibility index (Phi) is 6.41. The fourth-order valence-corrected chi connectivity index (χ4v) is 2.91. The molecule has 0 atom stereocenters. The van der Waals surface area contributed by atoms with Gasteiger partial charge >= 0.3 is 12.4 Å². The van der Waals surface area contributed by atoms with E-state index >= 15 is 0 Å². The third-order valence-electron chi connectivity index (χ3n) is 4.22. The molecule has 1 heterocycles. The Hall–Kier alpha value is -2.52. The highest BCUT2D eigenvalue weighted by Crippen LogP contribution is 2.43. The van der Waals surface area contributed by atoms with Crippen molar-refractivity contribution >= 4 is 17.4 Å². The summed E-state index contributed by atoms with van der Waals surface area (Å²) in [7, 11) is 0. The van der Waals surface area contributed by atoms with Crippen LogP contribution in [0.15, 0.2) is 18.7 Å². The Morgan fingerprint density at radius 2 is 1.89 bits per heavy atom. The molecule has 0 aliphatic carbocycles. The largest absolute Gasteiger partial charge is 0.417 e. The second kappa shape index (κ2) is 8.24. The number of alkyl halides is 6. The van der Waals surface area contributed by atoms with Crippen LogP contribution in [0.1, 0.15) is 36.0 Å². The standard InChI is InChI=1S/C18H17F6N2O2/c1-11(16(28)25-8-4-10-26-9-3-7-14(26)27)12-5-2-6-13(17(19,20)21)15(12)18(22,23)24/h2,5H,1,3-4,7-10H2,(H,25,28). The lowest BCUT2D eigenvalue weighted by atomic mass is 9.94. The zero-order chi connectivity index (χ0) is 21.1. The number of benzene rings is 1. The van der Waals surface area contributed by atoms with Gasteiger partial charge in [-0.25, -0.2) is 0 Å². The average Bonchev–Trinajstić information content (AvgIpc) is 3.00. The van der Waals surface area contributed by atoms with Crippen LogP contribution in [0.4, 0.5) is 26.3 Å². The number of likely N-dealkylation sites (tertiary alicyclic amines) is 1. The van der Waals surface area contributed by atoms with Crippen molar-refractivity contribution in [2.75, 3.05) is 19.6 Å². The minimum atomic E-state index is -5.35. The summed E-state index contributed by atoms with van der Waals surface area (Å²) >= 11 is 0. The predicted molar refractivity (Wildman–Crippen MR) is 87.8 cm³/mol. The van der Waals surface area contributed by atoms with Crippen molar-refractivity contribution in [3.63, 3.8) is 0 Å². The van der Waals surface area contributed by atoms with E-state index in [9.17, 15) is 35.9 Å². The highest BCUT2D eigenvalue weighted by molar-refractivity contribution is 6.19. The molecule has 2 amide bonds. The normalized spacial score (nSPS) is 15.1. The van der Waals surface area contributed by atoms with Crippen molar-refractivity contribution in [1.82, 2.24) is 10.2 Å². The summed E-state index contributed by atoms with van der Waals surface area (Å²) < 4.78 is 78.6. The molecular weight excluding hydrogens is 390 g/mol. The van der Waals surface area contributed by atoms with Crippen LogP contribution in [-0.4, -0.2) is 36.3 Å². The lowest BCUT2D eigenvalue weighted by Gasteiger charge is -2.20. The fraction of sp³-hybridized carbons (Fsp3) is 0.444. The topological polar surface area (TPSA) is 49.4 Å². The van der Waals surface area contributed by atoms with Crippen molar-refractivity contribution in [3.05, 3.63) is 41.5 Å². The van der Waals surface area contributed by atoms with E-state index in [0.717, 1.165) is 12.5 Å². The highest BCUT2D eigenvalue weighted by Gasteiger charge is 2.45. The summed E-state index contributed by atoms with van der Waals surface area (Å²) in [5.41, 5.74) is -5.68. The Morgan fingerprint density at radius 1 is 1.21 bits per heavy atom. The molecule has 4 nitrogen and oxygen atoms in total. The third kappa shape index (κ3) is 5.05. The van der Waals surface area contributed by atoms with E-state index < -0.39 is 40.5 Å². The Labute approximate surface area is 157 Å². The monoisotopic (exact) mass is 407 g/mol. The van der Waals surface area contributed by atoms with Gasteiger partial charge in [0.1, 0.15) is 0 Å². The van der Waals surface area contributed by atoms with Gasteiger partial charge < -0.3 is 10.2 Å². The molecule has 1 aliphatic heterocycles. The van der Waals surface area contributed by atoms with E-state index in [0.29, 0.717) is 32.0 Å². The zero-order valence-corrected chi connectivity index (χ0v) is 14.6. The maximum Gasteiger partial charge on any atom is 0.417 e. The lowest BCUT2D eigenvalue weighted by molar-refractivity contribution is -0.162. The number of carbonyl (C=O) groups excluding carboxylic acids is 2. The van der Waals surface area contributed by atoms with E-state index in [2.05, 4.69) is 11.9 Å². The summed E-state index contributed by atoms with van der Waals surface area (Å²) in [6, 6.07) is 2.95. The average molecular weight is 407 g/mol. The number of amides is 2. The van der Waals surface area contributed by atoms with Crippen LogP contribution in [0.5, 0.6) is 0 Å². The highest BCUT2D eigenvalue weighted by atomic mass is 19.4. The van der Waals surface area contributed by atoms with Crippen LogP contribution in [0, 0.1) is 6.07 Å². The Morgan fingerprint density at radius 3 is 2.43 bits per heavy atom. The van der Waals surface area contributed by atoms with E-state index in [1.807, 2.05) is 0 Å². The van der Waals surface area contributed by atoms with Gasteiger partial charge in [-0.05, 0) is 24.5 Å². The summed E-state index contributed by atoms with van der Waals surface area (Å²) in [6.07, 6.45) is -9.09. The number of carbonyl (C=O) groups is 2. The Bertz CT molecular complexity index is 770. The number of hydrogen-bond acceptors (Lipinski definition) is 2. The van der Waals surface area contributed by atoms with Gasteiger partial charge in [-0.15, -0.1) is 0 Å². The second-order valence-electron chi connectivity index (χ2n) is 6.21. The Balaban J connectivity index is 2.10. The summed E-state index contributed by atoms with van der Waals surface area (Å²) in [5.74, 6) is -1.02. The molecule has 1 fully saturated rings. The van der Waals surface area contributed by atoms with E-state index in [-0.39, 0.29) is 12.5 Å². The molecular formula is C18H17F6N2O2. The van der Waals surface area contributed by atoms with Crippen molar-refractivity contribution in [2.45, 2.75) is 31.6 Å². The number of rotatable bonds is 6. The van der Waals surface area contributed by atoms with Gasteiger partial charge in [0.05, 0.1) is 11.1 Å². The van der Waals surface area contributed by atoms with Gasteiger partial charge in [0.25, 0.3) is 5.91 Å². The molecule has 2 rings (SSSR count). The molecule has 0 saturated carbocycles. The van der Waals surface area contributed by atoms with E-state index in [4.69, 9.17) is 0 Å². The first-order valence-electron chi connectivity index (χ1n) is 8.37. The fourth-order valence-electron chi connectivity index (χ4n) is 2.91. The molecule has 1 N–H and O–H groups in total. The van der Waals surface area contributed by atoms with Crippen LogP contribution in [0.25, 0.3) is 5.57 Å². The maximum atomic E-state index is 13.2. The molecule has 1 aromatic carbocycles. The predicted octanol–water partition coefficient (Wildman–Crippen LogP) is 3.67. The maximum absolute atomic E-state index is 13.2. The van der Waals surface area contributed by atoms with Gasteiger partial charge in [0.15, 0.2) is 0 Å². The molecule has 1 radical (unpaired) electrons. The van der Waals surface area contributed by atoms with Gasteiger partial charge in [-0.3, -0.25) is 9.59 Å². The quantitative estimate of drug-likeness (QED) is 0.445. The smallest absolute Gasteiger partial charge is 0.352 e. The van der Waals surface area contributed by atoms with Crippen LogP contribution < -0.4 is 5.32 Å².